The summed E-state index contributed by atoms with van der Waals surface area (Å²) in [6, 6.07) is 6.76. The summed E-state index contributed by atoms with van der Waals surface area (Å²) in [5, 5.41) is 15.1. The zero-order valence-electron chi connectivity index (χ0n) is 11.6. The summed E-state index contributed by atoms with van der Waals surface area (Å²) >= 11 is 3.30. The van der Waals surface area contributed by atoms with Crippen molar-refractivity contribution >= 4 is 27.7 Å². The highest BCUT2D eigenvalue weighted by atomic mass is 79.9. The van der Waals surface area contributed by atoms with Crippen LogP contribution in [0.3, 0.4) is 0 Å². The Bertz CT molecular complexity index is 521. The number of carbonyl (C=O) groups excluding carboxylic acids is 2. The number of carbonyl (C=O) groups is 2. The van der Waals surface area contributed by atoms with Crippen molar-refractivity contribution in [2.45, 2.75) is 37.8 Å². The third kappa shape index (κ3) is 4.82. The molecule has 0 unspecified atom stereocenters. The molecule has 114 valence electrons. The lowest BCUT2D eigenvalue weighted by Crippen LogP contribution is -2.48. The molecule has 1 aromatic carbocycles. The summed E-state index contributed by atoms with van der Waals surface area (Å²) in [6.07, 6.45) is 3.02. The molecule has 1 aromatic rings. The van der Waals surface area contributed by atoms with Crippen molar-refractivity contribution in [2.75, 3.05) is 6.54 Å². The predicted molar refractivity (Wildman–Crippen MR) is 82.9 cm³/mol. The second-order valence-electron chi connectivity index (χ2n) is 5.22. The van der Waals surface area contributed by atoms with Gasteiger partial charge in [-0.2, -0.15) is 0 Å². The van der Waals surface area contributed by atoms with E-state index in [0.717, 1.165) is 30.2 Å². The molecule has 1 aliphatic rings. The molecule has 6 heteroatoms. The van der Waals surface area contributed by atoms with Crippen molar-refractivity contribution < 1.29 is 14.7 Å². The fourth-order valence-electron chi connectivity index (χ4n) is 2.43. The van der Waals surface area contributed by atoms with Crippen molar-refractivity contribution in [3.8, 4) is 0 Å². The van der Waals surface area contributed by atoms with Crippen LogP contribution in [0.15, 0.2) is 28.7 Å². The Morgan fingerprint density at radius 2 is 2.05 bits per heavy atom. The predicted octanol–water partition coefficient (Wildman–Crippen LogP) is 1.60. The van der Waals surface area contributed by atoms with E-state index in [1.165, 1.54) is 0 Å². The topological polar surface area (TPSA) is 78.4 Å². The minimum Gasteiger partial charge on any atom is -0.391 e. The van der Waals surface area contributed by atoms with Gasteiger partial charge in [-0.3, -0.25) is 9.59 Å². The minimum absolute atomic E-state index is 0.0887. The third-order valence-electron chi connectivity index (χ3n) is 3.57. The van der Waals surface area contributed by atoms with E-state index in [1.807, 2.05) is 6.07 Å². The van der Waals surface area contributed by atoms with E-state index in [4.69, 9.17) is 0 Å². The fraction of sp³-hybridized carbons (Fsp3) is 0.467. The van der Waals surface area contributed by atoms with E-state index in [1.54, 1.807) is 18.2 Å². The maximum absolute atomic E-state index is 11.9. The average Bonchev–Trinajstić information content (AvgIpc) is 2.47. The van der Waals surface area contributed by atoms with Gasteiger partial charge in [0.05, 0.1) is 18.7 Å². The van der Waals surface area contributed by atoms with Crippen LogP contribution >= 0.6 is 15.9 Å². The molecule has 1 saturated carbocycles. The maximum Gasteiger partial charge on any atom is 0.251 e. The lowest BCUT2D eigenvalue weighted by atomic mass is 9.92. The van der Waals surface area contributed by atoms with Gasteiger partial charge in [-0.15, -0.1) is 0 Å². The van der Waals surface area contributed by atoms with Gasteiger partial charge in [0.2, 0.25) is 5.91 Å². The lowest BCUT2D eigenvalue weighted by molar-refractivity contribution is -0.122. The van der Waals surface area contributed by atoms with Gasteiger partial charge >= 0.3 is 0 Å². The first kappa shape index (κ1) is 16.0. The van der Waals surface area contributed by atoms with Crippen LogP contribution in [-0.2, 0) is 4.79 Å². The van der Waals surface area contributed by atoms with Crippen LogP contribution in [-0.4, -0.2) is 35.6 Å². The molecule has 0 saturated heterocycles. The molecule has 0 bridgehead atoms. The van der Waals surface area contributed by atoms with Gasteiger partial charge in [-0.1, -0.05) is 34.8 Å². The van der Waals surface area contributed by atoms with E-state index in [9.17, 15) is 14.7 Å². The van der Waals surface area contributed by atoms with Crippen LogP contribution < -0.4 is 10.6 Å². The molecule has 1 fully saturated rings. The molecule has 0 aliphatic heterocycles. The van der Waals surface area contributed by atoms with E-state index < -0.39 is 6.10 Å². The number of hydrogen-bond donors (Lipinski definition) is 3. The minimum atomic E-state index is -0.483. The SMILES string of the molecule is O=C(CNC(=O)c1cccc(Br)c1)N[C@@H]1CCCC[C@H]1O. The molecule has 1 aliphatic carbocycles. The number of aliphatic hydroxyl groups is 1. The standard InChI is InChI=1S/C15H19BrN2O3/c16-11-5-3-4-10(8-11)15(21)17-9-14(20)18-12-6-1-2-7-13(12)19/h3-5,8,12-13,19H,1-2,6-7,9H2,(H,17,21)(H,18,20)/t12-,13-/m1/s1. The van der Waals surface area contributed by atoms with Gasteiger partial charge in [0, 0.05) is 10.0 Å². The monoisotopic (exact) mass is 354 g/mol. The number of nitrogens with one attached hydrogen (secondary N) is 2. The third-order valence-corrected chi connectivity index (χ3v) is 4.07. The Morgan fingerprint density at radius 3 is 2.76 bits per heavy atom. The van der Waals surface area contributed by atoms with Crippen LogP contribution in [0.4, 0.5) is 0 Å². The van der Waals surface area contributed by atoms with Crippen molar-refractivity contribution in [2.24, 2.45) is 0 Å². The maximum atomic E-state index is 11.9. The normalized spacial score (nSPS) is 21.6. The van der Waals surface area contributed by atoms with E-state index >= 15 is 0 Å². The Labute approximate surface area is 132 Å². The van der Waals surface area contributed by atoms with Crippen LogP contribution in [0.25, 0.3) is 0 Å². The lowest BCUT2D eigenvalue weighted by Gasteiger charge is -2.28. The smallest absolute Gasteiger partial charge is 0.251 e. The van der Waals surface area contributed by atoms with Gasteiger partial charge in [0.15, 0.2) is 0 Å². The van der Waals surface area contributed by atoms with E-state index in [0.29, 0.717) is 5.56 Å². The van der Waals surface area contributed by atoms with E-state index in [2.05, 4.69) is 26.6 Å². The molecule has 2 rings (SSSR count). The zero-order valence-corrected chi connectivity index (χ0v) is 13.2. The largest absolute Gasteiger partial charge is 0.391 e. The van der Waals surface area contributed by atoms with Crippen molar-refractivity contribution in [1.82, 2.24) is 10.6 Å². The highest BCUT2D eigenvalue weighted by molar-refractivity contribution is 9.10. The first-order valence-electron chi connectivity index (χ1n) is 7.07. The molecular weight excluding hydrogens is 336 g/mol. The zero-order chi connectivity index (χ0) is 15.2. The van der Waals surface area contributed by atoms with Crippen LogP contribution in [0.5, 0.6) is 0 Å². The summed E-state index contributed by atoms with van der Waals surface area (Å²) < 4.78 is 0.810. The Morgan fingerprint density at radius 1 is 1.29 bits per heavy atom. The number of halogens is 1. The van der Waals surface area contributed by atoms with Crippen LogP contribution in [0, 0.1) is 0 Å². The van der Waals surface area contributed by atoms with Gasteiger partial charge in [-0.25, -0.2) is 0 Å². The number of benzene rings is 1. The second-order valence-corrected chi connectivity index (χ2v) is 6.13. The molecule has 2 atom stereocenters. The molecule has 21 heavy (non-hydrogen) atoms. The number of hydrogen-bond acceptors (Lipinski definition) is 3. The van der Waals surface area contributed by atoms with Crippen molar-refractivity contribution in [1.29, 1.82) is 0 Å². The Kier molecular flexibility index (Phi) is 5.76. The Hall–Kier alpha value is -1.40. The molecule has 0 heterocycles. The highest BCUT2D eigenvalue weighted by Crippen LogP contribution is 2.18. The quantitative estimate of drug-likeness (QED) is 0.768. The highest BCUT2D eigenvalue weighted by Gasteiger charge is 2.24. The molecule has 3 N–H and O–H groups in total. The first-order valence-corrected chi connectivity index (χ1v) is 7.87. The van der Waals surface area contributed by atoms with Gasteiger partial charge in [-0.05, 0) is 31.0 Å². The van der Waals surface area contributed by atoms with Crippen molar-refractivity contribution in [3.05, 3.63) is 34.3 Å². The average molecular weight is 355 g/mol. The summed E-state index contributed by atoms with van der Waals surface area (Å²) in [5.41, 5.74) is 0.495. The Balaban J connectivity index is 1.79. The van der Waals surface area contributed by atoms with Gasteiger partial charge in [0.1, 0.15) is 0 Å². The number of rotatable bonds is 4. The number of aliphatic hydroxyl groups excluding tert-OH is 1. The number of amides is 2. The van der Waals surface area contributed by atoms with Crippen LogP contribution in [0.2, 0.25) is 0 Å². The molecule has 2 amide bonds. The molecule has 5 nitrogen and oxygen atoms in total. The summed E-state index contributed by atoms with van der Waals surface area (Å²) in [7, 11) is 0. The molecular formula is C15H19BrN2O3. The molecule has 0 aromatic heterocycles. The molecule has 0 spiro atoms. The van der Waals surface area contributed by atoms with Crippen LogP contribution in [0.1, 0.15) is 36.0 Å². The summed E-state index contributed by atoms with van der Waals surface area (Å²) in [5.74, 6) is -0.570. The summed E-state index contributed by atoms with van der Waals surface area (Å²) in [4.78, 5) is 23.7. The van der Waals surface area contributed by atoms with Crippen molar-refractivity contribution in [3.63, 3.8) is 0 Å². The summed E-state index contributed by atoms with van der Waals surface area (Å²) in [6.45, 7) is -0.0887. The first-order chi connectivity index (χ1) is 10.1. The fourth-order valence-corrected chi connectivity index (χ4v) is 2.83. The molecule has 0 radical (unpaired) electrons. The second kappa shape index (κ2) is 7.56. The van der Waals surface area contributed by atoms with Gasteiger partial charge < -0.3 is 15.7 Å². The van der Waals surface area contributed by atoms with E-state index in [-0.39, 0.29) is 24.4 Å². The van der Waals surface area contributed by atoms with Gasteiger partial charge in [0.25, 0.3) is 5.91 Å².